The first-order valence-electron chi connectivity index (χ1n) is 7.94. The fraction of sp³-hybridized carbons (Fsp3) is 0.167. The number of hydrogen-bond acceptors (Lipinski definition) is 4. The third-order valence-electron chi connectivity index (χ3n) is 4.21. The lowest BCUT2D eigenvalue weighted by atomic mass is 10.1. The Kier molecular flexibility index (Phi) is 3.87. The number of rotatable bonds is 3. The first-order valence-corrected chi connectivity index (χ1v) is 7.94. The third kappa shape index (κ3) is 3.12. The second kappa shape index (κ2) is 6.11. The van der Waals surface area contributed by atoms with E-state index in [9.17, 15) is 18.0 Å². The van der Waals surface area contributed by atoms with Crippen molar-refractivity contribution in [3.63, 3.8) is 0 Å². The van der Waals surface area contributed by atoms with E-state index in [2.05, 4.69) is 15.0 Å². The van der Waals surface area contributed by atoms with Crippen molar-refractivity contribution in [3.8, 4) is 5.75 Å². The Morgan fingerprint density at radius 2 is 1.96 bits per heavy atom. The second-order valence-corrected chi connectivity index (χ2v) is 5.97. The lowest BCUT2D eigenvalue weighted by molar-refractivity contribution is -0.137. The number of halogens is 3. The van der Waals surface area contributed by atoms with Crippen molar-refractivity contribution in [2.45, 2.75) is 12.7 Å². The van der Waals surface area contributed by atoms with Gasteiger partial charge in [0.05, 0.1) is 47.5 Å². The second-order valence-electron chi connectivity index (χ2n) is 5.97. The molecule has 4 rings (SSSR count). The van der Waals surface area contributed by atoms with Crippen LogP contribution in [0.15, 0.2) is 47.5 Å². The number of hydrogen-bond donors (Lipinski definition) is 1. The van der Waals surface area contributed by atoms with Gasteiger partial charge in [-0.15, -0.1) is 0 Å². The zero-order chi connectivity index (χ0) is 19.2. The van der Waals surface area contributed by atoms with E-state index in [1.807, 2.05) is 0 Å². The zero-order valence-corrected chi connectivity index (χ0v) is 14.0. The van der Waals surface area contributed by atoms with Crippen LogP contribution in [0.3, 0.4) is 0 Å². The van der Waals surface area contributed by atoms with E-state index in [0.717, 1.165) is 23.7 Å². The fourth-order valence-electron chi connectivity index (χ4n) is 2.85. The van der Waals surface area contributed by atoms with Crippen LogP contribution in [0.1, 0.15) is 11.4 Å². The molecular weight excluding hydrogens is 361 g/mol. The summed E-state index contributed by atoms with van der Waals surface area (Å²) in [7, 11) is 1.56. The van der Waals surface area contributed by atoms with Crippen molar-refractivity contribution in [1.82, 2.24) is 19.5 Å². The molecule has 0 saturated carbocycles. The molecule has 6 nitrogen and oxygen atoms in total. The molecule has 0 amide bonds. The highest BCUT2D eigenvalue weighted by atomic mass is 19.4. The van der Waals surface area contributed by atoms with Crippen molar-refractivity contribution in [2.75, 3.05) is 7.11 Å². The number of H-pyrrole nitrogens is 1. The number of nitrogens with zero attached hydrogens (tertiary/aromatic N) is 3. The molecular formula is C18H13F3N4O2. The number of imidazole rings is 1. The molecule has 1 N–H and O–H groups in total. The van der Waals surface area contributed by atoms with Gasteiger partial charge in [-0.2, -0.15) is 13.2 Å². The number of aromatic amines is 1. The van der Waals surface area contributed by atoms with Crippen molar-refractivity contribution in [3.05, 3.63) is 64.5 Å². The summed E-state index contributed by atoms with van der Waals surface area (Å²) >= 11 is 0. The number of methoxy groups -OCH3 is 1. The largest absolute Gasteiger partial charge is 0.497 e. The number of alkyl halides is 3. The quantitative estimate of drug-likeness (QED) is 0.597. The molecule has 0 aliphatic carbocycles. The predicted octanol–water partition coefficient (Wildman–Crippen LogP) is 3.35. The maximum absolute atomic E-state index is 12.8. The molecule has 2 aromatic carbocycles. The van der Waals surface area contributed by atoms with Crippen molar-refractivity contribution in [1.29, 1.82) is 0 Å². The van der Waals surface area contributed by atoms with Crippen molar-refractivity contribution >= 4 is 21.9 Å². The summed E-state index contributed by atoms with van der Waals surface area (Å²) in [5, 5.41) is 0.114. The third-order valence-corrected chi connectivity index (χ3v) is 4.21. The summed E-state index contributed by atoms with van der Waals surface area (Å²) in [6, 6.07) is 8.24. The van der Waals surface area contributed by atoms with E-state index in [1.54, 1.807) is 25.3 Å². The predicted molar refractivity (Wildman–Crippen MR) is 92.8 cm³/mol. The number of fused-ring (bicyclic) bond motifs is 2. The summed E-state index contributed by atoms with van der Waals surface area (Å²) in [5.74, 6) is 1.19. The summed E-state index contributed by atoms with van der Waals surface area (Å²) in [6.45, 7) is 0.111. The molecule has 2 aromatic heterocycles. The summed E-state index contributed by atoms with van der Waals surface area (Å²) in [4.78, 5) is 24.1. The van der Waals surface area contributed by atoms with E-state index >= 15 is 0 Å². The Hall–Kier alpha value is -3.36. The fourth-order valence-corrected chi connectivity index (χ4v) is 2.85. The van der Waals surface area contributed by atoms with Gasteiger partial charge in [0.15, 0.2) is 0 Å². The number of nitrogens with one attached hydrogen (secondary N) is 1. The molecule has 0 aliphatic rings. The highest BCUT2D eigenvalue weighted by Crippen LogP contribution is 2.30. The minimum atomic E-state index is -4.49. The Bertz CT molecular complexity index is 1210. The average molecular weight is 374 g/mol. The zero-order valence-electron chi connectivity index (χ0n) is 14.0. The molecule has 27 heavy (non-hydrogen) atoms. The monoisotopic (exact) mass is 374 g/mol. The maximum Gasteiger partial charge on any atom is 0.416 e. The van der Waals surface area contributed by atoms with Crippen molar-refractivity contribution in [2.24, 2.45) is 0 Å². The van der Waals surface area contributed by atoms with Crippen LogP contribution in [-0.4, -0.2) is 26.6 Å². The molecule has 0 atom stereocenters. The van der Waals surface area contributed by atoms with Crippen LogP contribution in [0.2, 0.25) is 0 Å². The molecule has 0 aliphatic heterocycles. The summed E-state index contributed by atoms with van der Waals surface area (Å²) in [5.41, 5.74) is 0.182. The van der Waals surface area contributed by atoms with Crippen LogP contribution in [-0.2, 0) is 12.7 Å². The average Bonchev–Trinajstić information content (AvgIpc) is 3.04. The van der Waals surface area contributed by atoms with Crippen molar-refractivity contribution < 1.29 is 17.9 Å². The lowest BCUT2D eigenvalue weighted by Gasteiger charge is -2.08. The molecule has 4 aromatic rings. The van der Waals surface area contributed by atoms with Gasteiger partial charge in [0, 0.05) is 6.07 Å². The van der Waals surface area contributed by atoms with E-state index in [0.29, 0.717) is 17.1 Å². The van der Waals surface area contributed by atoms with Gasteiger partial charge in [-0.05, 0) is 30.3 Å². The van der Waals surface area contributed by atoms with Crippen LogP contribution in [0, 0.1) is 0 Å². The molecule has 0 spiro atoms. The normalized spacial score (nSPS) is 12.0. The standard InChI is InChI=1S/C18H13F3N4O2/c1-27-11-3-5-13-15(7-11)24-16(23-13)8-25-9-22-14-6-10(18(19,20)21)2-4-12(14)17(25)26/h2-7,9H,8H2,1H3,(H,23,24). The SMILES string of the molecule is COc1ccc2nc(Cn3cnc4cc(C(F)(F)F)ccc4c3=O)[nH]c2c1. The minimum absolute atomic E-state index is 0.000386. The van der Waals surface area contributed by atoms with Gasteiger partial charge in [0.1, 0.15) is 11.6 Å². The molecule has 0 unspecified atom stereocenters. The van der Waals surface area contributed by atoms with Crippen LogP contribution >= 0.6 is 0 Å². The molecule has 138 valence electrons. The van der Waals surface area contributed by atoms with E-state index < -0.39 is 17.3 Å². The Morgan fingerprint density at radius 1 is 1.15 bits per heavy atom. The smallest absolute Gasteiger partial charge is 0.416 e. The van der Waals surface area contributed by atoms with Crippen LogP contribution in [0.25, 0.3) is 21.9 Å². The highest BCUT2D eigenvalue weighted by Gasteiger charge is 2.30. The number of aromatic nitrogens is 4. The number of ether oxygens (including phenoxy) is 1. The molecule has 2 heterocycles. The van der Waals surface area contributed by atoms with Gasteiger partial charge in [-0.3, -0.25) is 9.36 Å². The molecule has 9 heteroatoms. The highest BCUT2D eigenvalue weighted by molar-refractivity contribution is 5.78. The van der Waals surface area contributed by atoms with Crippen LogP contribution < -0.4 is 10.3 Å². The molecule has 0 saturated heterocycles. The topological polar surface area (TPSA) is 72.8 Å². The van der Waals surface area contributed by atoms with Gasteiger partial charge in [-0.25, -0.2) is 9.97 Å². The molecule has 0 fully saturated rings. The first kappa shape index (κ1) is 17.1. The van der Waals surface area contributed by atoms with E-state index in [-0.39, 0.29) is 17.4 Å². The van der Waals surface area contributed by atoms with Gasteiger partial charge in [0.2, 0.25) is 0 Å². The van der Waals surface area contributed by atoms with Crippen LogP contribution in [0.4, 0.5) is 13.2 Å². The van der Waals surface area contributed by atoms with E-state index in [1.165, 1.54) is 10.9 Å². The first-order chi connectivity index (χ1) is 12.8. The number of benzene rings is 2. The Morgan fingerprint density at radius 3 is 2.70 bits per heavy atom. The van der Waals surface area contributed by atoms with Gasteiger partial charge in [-0.1, -0.05) is 0 Å². The van der Waals surface area contributed by atoms with E-state index in [4.69, 9.17) is 4.74 Å². The Labute approximate surface area is 150 Å². The molecule has 0 radical (unpaired) electrons. The van der Waals surface area contributed by atoms with Gasteiger partial charge in [0.25, 0.3) is 5.56 Å². The summed E-state index contributed by atoms with van der Waals surface area (Å²) in [6.07, 6.45) is -3.27. The summed E-state index contributed by atoms with van der Waals surface area (Å²) < 4.78 is 44.9. The van der Waals surface area contributed by atoms with Gasteiger partial charge >= 0.3 is 6.18 Å². The maximum atomic E-state index is 12.8. The Balaban J connectivity index is 1.72. The van der Waals surface area contributed by atoms with Crippen LogP contribution in [0.5, 0.6) is 5.75 Å². The van der Waals surface area contributed by atoms with Gasteiger partial charge < -0.3 is 9.72 Å². The lowest BCUT2D eigenvalue weighted by Crippen LogP contribution is -2.22. The minimum Gasteiger partial charge on any atom is -0.497 e. The molecule has 0 bridgehead atoms.